The zero-order valence-corrected chi connectivity index (χ0v) is 14.6. The van der Waals surface area contributed by atoms with E-state index in [-0.39, 0.29) is 17.5 Å². The third-order valence-corrected chi connectivity index (χ3v) is 3.74. The van der Waals surface area contributed by atoms with Crippen LogP contribution in [0.15, 0.2) is 66.9 Å². The average Bonchev–Trinajstić information content (AvgIpc) is 2.69. The summed E-state index contributed by atoms with van der Waals surface area (Å²) in [6.45, 7) is 0. The SMILES string of the molecule is CNC(=O)c1cc(Oc2ccc(NC(=O)c3ccccc3N)cc2)ccn1. The fourth-order valence-electron chi connectivity index (χ4n) is 2.37. The number of ether oxygens (including phenoxy) is 1. The van der Waals surface area contributed by atoms with Gasteiger partial charge in [-0.15, -0.1) is 0 Å². The summed E-state index contributed by atoms with van der Waals surface area (Å²) in [4.78, 5) is 27.9. The van der Waals surface area contributed by atoms with Crippen LogP contribution in [-0.4, -0.2) is 23.8 Å². The number of pyridine rings is 1. The Morgan fingerprint density at radius 3 is 2.41 bits per heavy atom. The van der Waals surface area contributed by atoms with E-state index in [1.807, 2.05) is 0 Å². The van der Waals surface area contributed by atoms with Crippen molar-refractivity contribution in [3.8, 4) is 11.5 Å². The molecule has 27 heavy (non-hydrogen) atoms. The van der Waals surface area contributed by atoms with Gasteiger partial charge in [-0.05, 0) is 42.5 Å². The van der Waals surface area contributed by atoms with E-state index in [0.717, 1.165) is 0 Å². The Morgan fingerprint density at radius 2 is 1.70 bits per heavy atom. The van der Waals surface area contributed by atoms with Gasteiger partial charge in [-0.3, -0.25) is 14.6 Å². The highest BCUT2D eigenvalue weighted by molar-refractivity contribution is 6.07. The number of nitrogen functional groups attached to an aromatic ring is 1. The van der Waals surface area contributed by atoms with Gasteiger partial charge in [-0.25, -0.2) is 0 Å². The second kappa shape index (κ2) is 8.01. The largest absolute Gasteiger partial charge is 0.457 e. The molecular weight excluding hydrogens is 344 g/mol. The monoisotopic (exact) mass is 362 g/mol. The molecule has 0 bridgehead atoms. The molecule has 0 atom stereocenters. The van der Waals surface area contributed by atoms with Gasteiger partial charge in [0.05, 0.1) is 5.56 Å². The van der Waals surface area contributed by atoms with Crippen molar-refractivity contribution < 1.29 is 14.3 Å². The van der Waals surface area contributed by atoms with Gasteiger partial charge in [-0.1, -0.05) is 12.1 Å². The number of nitrogens with zero attached hydrogens (tertiary/aromatic N) is 1. The van der Waals surface area contributed by atoms with Crippen molar-refractivity contribution in [2.75, 3.05) is 18.1 Å². The third-order valence-electron chi connectivity index (χ3n) is 3.74. The molecule has 0 aliphatic heterocycles. The Balaban J connectivity index is 1.68. The molecule has 0 unspecified atom stereocenters. The molecule has 0 saturated carbocycles. The van der Waals surface area contributed by atoms with Crippen molar-refractivity contribution in [1.82, 2.24) is 10.3 Å². The topological polar surface area (TPSA) is 106 Å². The molecule has 2 amide bonds. The van der Waals surface area contributed by atoms with Gasteiger partial charge < -0.3 is 21.1 Å². The molecule has 3 rings (SSSR count). The molecule has 0 radical (unpaired) electrons. The van der Waals surface area contributed by atoms with Crippen LogP contribution in [0.1, 0.15) is 20.8 Å². The molecule has 0 aliphatic rings. The number of benzene rings is 2. The summed E-state index contributed by atoms with van der Waals surface area (Å²) in [6.07, 6.45) is 1.50. The number of hydrogen-bond donors (Lipinski definition) is 3. The number of anilines is 2. The number of carbonyl (C=O) groups is 2. The van der Waals surface area contributed by atoms with Crippen LogP contribution in [0.4, 0.5) is 11.4 Å². The first kappa shape index (κ1) is 17.9. The molecule has 0 spiro atoms. The number of rotatable bonds is 5. The smallest absolute Gasteiger partial charge is 0.269 e. The molecule has 1 aromatic heterocycles. The maximum atomic E-state index is 12.3. The molecule has 4 N–H and O–H groups in total. The Morgan fingerprint density at radius 1 is 0.963 bits per heavy atom. The fraction of sp³-hybridized carbons (Fsp3) is 0.0500. The molecular formula is C20H18N4O3. The van der Waals surface area contributed by atoms with Crippen molar-refractivity contribution in [3.05, 3.63) is 78.1 Å². The summed E-state index contributed by atoms with van der Waals surface area (Å²) in [5, 5.41) is 5.29. The molecule has 7 heteroatoms. The van der Waals surface area contributed by atoms with Gasteiger partial charge in [0.1, 0.15) is 17.2 Å². The number of hydrogen-bond acceptors (Lipinski definition) is 5. The minimum atomic E-state index is -0.293. The normalized spacial score (nSPS) is 10.1. The second-order valence-electron chi connectivity index (χ2n) is 5.62. The van der Waals surface area contributed by atoms with E-state index in [1.165, 1.54) is 13.2 Å². The Hall–Kier alpha value is -3.87. The quantitative estimate of drug-likeness (QED) is 0.605. The van der Waals surface area contributed by atoms with Crippen molar-refractivity contribution in [1.29, 1.82) is 0 Å². The number of aromatic nitrogens is 1. The van der Waals surface area contributed by atoms with E-state index < -0.39 is 0 Å². The van der Waals surface area contributed by atoms with Crippen molar-refractivity contribution in [2.24, 2.45) is 0 Å². The number of amides is 2. The Kier molecular flexibility index (Phi) is 5.32. The van der Waals surface area contributed by atoms with Gasteiger partial charge in [0.2, 0.25) is 0 Å². The molecule has 3 aromatic rings. The maximum Gasteiger partial charge on any atom is 0.269 e. The zero-order valence-electron chi connectivity index (χ0n) is 14.6. The highest BCUT2D eigenvalue weighted by Crippen LogP contribution is 2.24. The lowest BCUT2D eigenvalue weighted by molar-refractivity contribution is 0.0957. The van der Waals surface area contributed by atoms with Crippen LogP contribution in [0, 0.1) is 0 Å². The van der Waals surface area contributed by atoms with Crippen LogP contribution in [0.25, 0.3) is 0 Å². The molecule has 0 fully saturated rings. The molecule has 7 nitrogen and oxygen atoms in total. The summed E-state index contributed by atoms with van der Waals surface area (Å²) < 4.78 is 5.72. The third kappa shape index (κ3) is 4.40. The van der Waals surface area contributed by atoms with E-state index in [9.17, 15) is 9.59 Å². The van der Waals surface area contributed by atoms with Crippen LogP contribution in [0.5, 0.6) is 11.5 Å². The number of nitrogens with one attached hydrogen (secondary N) is 2. The Labute approximate surface area is 156 Å². The fourth-order valence-corrected chi connectivity index (χ4v) is 2.37. The summed E-state index contributed by atoms with van der Waals surface area (Å²) in [5.41, 5.74) is 7.51. The zero-order chi connectivity index (χ0) is 19.2. The maximum absolute atomic E-state index is 12.3. The summed E-state index contributed by atoms with van der Waals surface area (Å²) in [5.74, 6) is 0.462. The molecule has 1 heterocycles. The average molecular weight is 362 g/mol. The lowest BCUT2D eigenvalue weighted by Gasteiger charge is -2.09. The van der Waals surface area contributed by atoms with Crippen LogP contribution >= 0.6 is 0 Å². The first-order valence-electron chi connectivity index (χ1n) is 8.19. The lowest BCUT2D eigenvalue weighted by atomic mass is 10.1. The van der Waals surface area contributed by atoms with E-state index in [0.29, 0.717) is 28.4 Å². The Bertz CT molecular complexity index is 971. The molecule has 0 aliphatic carbocycles. The minimum Gasteiger partial charge on any atom is -0.457 e. The first-order valence-corrected chi connectivity index (χ1v) is 8.19. The van der Waals surface area contributed by atoms with E-state index in [1.54, 1.807) is 60.7 Å². The minimum absolute atomic E-state index is 0.263. The van der Waals surface area contributed by atoms with E-state index in [4.69, 9.17) is 10.5 Å². The van der Waals surface area contributed by atoms with Crippen molar-refractivity contribution in [2.45, 2.75) is 0 Å². The highest BCUT2D eigenvalue weighted by Gasteiger charge is 2.10. The van der Waals surface area contributed by atoms with Gasteiger partial charge in [0.15, 0.2) is 0 Å². The molecule has 2 aromatic carbocycles. The van der Waals surface area contributed by atoms with E-state index in [2.05, 4.69) is 15.6 Å². The van der Waals surface area contributed by atoms with Crippen LogP contribution in [0.2, 0.25) is 0 Å². The van der Waals surface area contributed by atoms with Crippen LogP contribution in [0.3, 0.4) is 0 Å². The summed E-state index contributed by atoms with van der Waals surface area (Å²) >= 11 is 0. The highest BCUT2D eigenvalue weighted by atomic mass is 16.5. The summed E-state index contributed by atoms with van der Waals surface area (Å²) in [7, 11) is 1.54. The number of nitrogens with two attached hydrogens (primary N) is 1. The number of carbonyl (C=O) groups excluding carboxylic acids is 2. The molecule has 136 valence electrons. The van der Waals surface area contributed by atoms with Gasteiger partial charge in [0, 0.05) is 30.7 Å². The lowest BCUT2D eigenvalue weighted by Crippen LogP contribution is -2.18. The van der Waals surface area contributed by atoms with Crippen LogP contribution < -0.4 is 21.1 Å². The van der Waals surface area contributed by atoms with Gasteiger partial charge >= 0.3 is 0 Å². The van der Waals surface area contributed by atoms with Crippen molar-refractivity contribution in [3.63, 3.8) is 0 Å². The first-order chi connectivity index (χ1) is 13.1. The predicted molar refractivity (Wildman–Crippen MR) is 103 cm³/mol. The van der Waals surface area contributed by atoms with Gasteiger partial charge in [-0.2, -0.15) is 0 Å². The van der Waals surface area contributed by atoms with Crippen molar-refractivity contribution >= 4 is 23.2 Å². The van der Waals surface area contributed by atoms with Gasteiger partial charge in [0.25, 0.3) is 11.8 Å². The van der Waals surface area contributed by atoms with Crippen LogP contribution in [-0.2, 0) is 0 Å². The summed E-state index contributed by atoms with van der Waals surface area (Å²) in [6, 6.07) is 16.9. The number of para-hydroxylation sites is 1. The van der Waals surface area contributed by atoms with E-state index >= 15 is 0 Å². The predicted octanol–water partition coefficient (Wildman–Crippen LogP) is 3.07. The standard InChI is InChI=1S/C20H18N4O3/c1-22-20(26)18-12-15(10-11-23-18)27-14-8-6-13(7-9-14)24-19(25)16-4-2-3-5-17(16)21/h2-12H,21H2,1H3,(H,22,26)(H,24,25). The molecule has 0 saturated heterocycles. The second-order valence-corrected chi connectivity index (χ2v) is 5.62.